The van der Waals surface area contributed by atoms with Crippen molar-refractivity contribution in [2.24, 2.45) is 5.73 Å². The van der Waals surface area contributed by atoms with Crippen LogP contribution in [0.4, 0.5) is 0 Å². The summed E-state index contributed by atoms with van der Waals surface area (Å²) in [4.78, 5) is 10.6. The number of benzene rings is 1. The van der Waals surface area contributed by atoms with Crippen molar-refractivity contribution in [3.8, 4) is 0 Å². The first kappa shape index (κ1) is 11.0. The molecular weight excluding hydrogens is 202 g/mol. The molecule has 14 heavy (non-hydrogen) atoms. The summed E-state index contributed by atoms with van der Waals surface area (Å²) in [5.41, 5.74) is 6.38. The van der Waals surface area contributed by atoms with Gasteiger partial charge in [0, 0.05) is 10.9 Å². The van der Waals surface area contributed by atoms with E-state index in [1.165, 1.54) is 0 Å². The Morgan fingerprint density at radius 1 is 1.43 bits per heavy atom. The second-order valence-electron chi connectivity index (χ2n) is 3.20. The Kier molecular flexibility index (Phi) is 3.49. The van der Waals surface area contributed by atoms with Crippen molar-refractivity contribution in [1.82, 2.24) is 0 Å². The van der Waals surface area contributed by atoms with E-state index >= 15 is 0 Å². The largest absolute Gasteiger partial charge is 0.480 e. The molecule has 0 radical (unpaired) electrons. The van der Waals surface area contributed by atoms with E-state index in [4.69, 9.17) is 22.4 Å². The molecule has 0 saturated carbocycles. The summed E-state index contributed by atoms with van der Waals surface area (Å²) in [7, 11) is 0. The Hall–Kier alpha value is -1.06. The molecule has 2 atom stereocenters. The van der Waals surface area contributed by atoms with Crippen molar-refractivity contribution in [2.45, 2.75) is 18.9 Å². The Balaban J connectivity index is 2.84. The molecule has 0 bridgehead atoms. The normalized spacial score (nSPS) is 14.8. The summed E-state index contributed by atoms with van der Waals surface area (Å²) in [6.07, 6.45) is 0. The van der Waals surface area contributed by atoms with E-state index in [1.54, 1.807) is 31.2 Å². The number of aliphatic carboxylic acids is 1. The highest BCUT2D eigenvalue weighted by Gasteiger charge is 2.21. The first-order chi connectivity index (χ1) is 6.52. The van der Waals surface area contributed by atoms with E-state index in [0.717, 1.165) is 5.56 Å². The fraction of sp³-hybridized carbons (Fsp3) is 0.300. The predicted octanol–water partition coefficient (Wildman–Crippen LogP) is 1.86. The summed E-state index contributed by atoms with van der Waals surface area (Å²) in [5.74, 6) is -1.21. The zero-order valence-electron chi connectivity index (χ0n) is 7.77. The van der Waals surface area contributed by atoms with Crippen molar-refractivity contribution >= 4 is 17.6 Å². The zero-order chi connectivity index (χ0) is 10.7. The second-order valence-corrected chi connectivity index (χ2v) is 3.64. The predicted molar refractivity (Wildman–Crippen MR) is 55.5 cm³/mol. The van der Waals surface area contributed by atoms with Gasteiger partial charge >= 0.3 is 5.97 Å². The lowest BCUT2D eigenvalue weighted by Gasteiger charge is -2.16. The SMILES string of the molecule is CC(c1ccc(Cl)cc1)C(N)C(=O)O. The van der Waals surface area contributed by atoms with Crippen molar-refractivity contribution in [3.05, 3.63) is 34.9 Å². The molecule has 3 nitrogen and oxygen atoms in total. The molecule has 4 heteroatoms. The second kappa shape index (κ2) is 4.44. The van der Waals surface area contributed by atoms with Gasteiger partial charge in [-0.25, -0.2) is 0 Å². The van der Waals surface area contributed by atoms with Gasteiger partial charge < -0.3 is 10.8 Å². The molecule has 0 aliphatic carbocycles. The third-order valence-corrected chi connectivity index (χ3v) is 2.47. The molecule has 1 aromatic rings. The molecule has 0 spiro atoms. The molecule has 0 aliphatic rings. The fourth-order valence-electron chi connectivity index (χ4n) is 1.19. The molecule has 1 rings (SSSR count). The number of rotatable bonds is 3. The Morgan fingerprint density at radius 3 is 2.36 bits per heavy atom. The average molecular weight is 214 g/mol. The molecule has 0 saturated heterocycles. The summed E-state index contributed by atoms with van der Waals surface area (Å²) < 4.78 is 0. The van der Waals surface area contributed by atoms with Crippen LogP contribution in [0.5, 0.6) is 0 Å². The molecule has 1 aromatic carbocycles. The van der Waals surface area contributed by atoms with Crippen molar-refractivity contribution in [3.63, 3.8) is 0 Å². The quantitative estimate of drug-likeness (QED) is 0.806. The summed E-state index contributed by atoms with van der Waals surface area (Å²) >= 11 is 5.71. The van der Waals surface area contributed by atoms with Gasteiger partial charge in [-0.1, -0.05) is 30.7 Å². The van der Waals surface area contributed by atoms with E-state index in [0.29, 0.717) is 5.02 Å². The number of hydrogen-bond acceptors (Lipinski definition) is 2. The maximum Gasteiger partial charge on any atom is 0.321 e. The molecule has 0 aliphatic heterocycles. The standard InChI is InChI=1S/C10H12ClNO2/c1-6(9(12)10(13)14)7-2-4-8(11)5-3-7/h2-6,9H,12H2,1H3,(H,13,14). The van der Waals surface area contributed by atoms with Gasteiger partial charge in [0.25, 0.3) is 0 Å². The van der Waals surface area contributed by atoms with Crippen LogP contribution in [0.3, 0.4) is 0 Å². The molecular formula is C10H12ClNO2. The lowest BCUT2D eigenvalue weighted by atomic mass is 9.94. The van der Waals surface area contributed by atoms with Gasteiger partial charge in [-0.05, 0) is 17.7 Å². The highest BCUT2D eigenvalue weighted by Crippen LogP contribution is 2.20. The number of carboxylic acid groups (broad SMARTS) is 1. The Labute approximate surface area is 87.5 Å². The van der Waals surface area contributed by atoms with Crippen LogP contribution in [0.15, 0.2) is 24.3 Å². The van der Waals surface area contributed by atoms with Gasteiger partial charge in [0.05, 0.1) is 0 Å². The topological polar surface area (TPSA) is 63.3 Å². The van der Waals surface area contributed by atoms with Crippen molar-refractivity contribution in [1.29, 1.82) is 0 Å². The number of carboxylic acids is 1. The number of hydrogen-bond donors (Lipinski definition) is 2. The number of carbonyl (C=O) groups is 1. The van der Waals surface area contributed by atoms with E-state index in [-0.39, 0.29) is 5.92 Å². The smallest absolute Gasteiger partial charge is 0.321 e. The molecule has 76 valence electrons. The van der Waals surface area contributed by atoms with Crippen LogP contribution in [0.25, 0.3) is 0 Å². The minimum Gasteiger partial charge on any atom is -0.480 e. The van der Waals surface area contributed by atoms with Crippen LogP contribution in [0, 0.1) is 0 Å². The van der Waals surface area contributed by atoms with Crippen molar-refractivity contribution in [2.75, 3.05) is 0 Å². The van der Waals surface area contributed by atoms with Gasteiger partial charge in [-0.15, -0.1) is 0 Å². The zero-order valence-corrected chi connectivity index (χ0v) is 8.53. The van der Waals surface area contributed by atoms with Crippen LogP contribution in [0.2, 0.25) is 5.02 Å². The number of nitrogens with two attached hydrogens (primary N) is 1. The van der Waals surface area contributed by atoms with Gasteiger partial charge in [0.15, 0.2) is 0 Å². The first-order valence-corrected chi connectivity index (χ1v) is 4.64. The van der Waals surface area contributed by atoms with Crippen LogP contribution >= 0.6 is 11.6 Å². The highest BCUT2D eigenvalue weighted by atomic mass is 35.5. The molecule has 0 aromatic heterocycles. The Morgan fingerprint density at radius 2 is 1.93 bits per heavy atom. The summed E-state index contributed by atoms with van der Waals surface area (Å²) in [6.45, 7) is 1.78. The third-order valence-electron chi connectivity index (χ3n) is 2.22. The van der Waals surface area contributed by atoms with E-state index < -0.39 is 12.0 Å². The molecule has 2 unspecified atom stereocenters. The highest BCUT2D eigenvalue weighted by molar-refractivity contribution is 6.30. The minimum atomic E-state index is -0.993. The molecule has 0 fully saturated rings. The molecule has 0 amide bonds. The van der Waals surface area contributed by atoms with E-state index in [2.05, 4.69) is 0 Å². The third kappa shape index (κ3) is 2.47. The maximum atomic E-state index is 10.6. The van der Waals surface area contributed by atoms with E-state index in [1.807, 2.05) is 0 Å². The van der Waals surface area contributed by atoms with Crippen LogP contribution in [-0.2, 0) is 4.79 Å². The lowest BCUT2D eigenvalue weighted by molar-refractivity contribution is -0.139. The minimum absolute atomic E-state index is 0.218. The average Bonchev–Trinajstić information content (AvgIpc) is 2.16. The van der Waals surface area contributed by atoms with E-state index in [9.17, 15) is 4.79 Å². The van der Waals surface area contributed by atoms with Crippen LogP contribution in [-0.4, -0.2) is 17.1 Å². The summed E-state index contributed by atoms with van der Waals surface area (Å²) in [5, 5.41) is 9.35. The fourth-order valence-corrected chi connectivity index (χ4v) is 1.31. The number of halogens is 1. The first-order valence-electron chi connectivity index (χ1n) is 4.26. The van der Waals surface area contributed by atoms with Gasteiger partial charge in [0.1, 0.15) is 6.04 Å². The summed E-state index contributed by atoms with van der Waals surface area (Å²) in [6, 6.07) is 6.14. The van der Waals surface area contributed by atoms with Crippen molar-refractivity contribution < 1.29 is 9.90 Å². The monoisotopic (exact) mass is 213 g/mol. The maximum absolute atomic E-state index is 10.6. The van der Waals surface area contributed by atoms with Gasteiger partial charge in [-0.2, -0.15) is 0 Å². The van der Waals surface area contributed by atoms with Crippen LogP contribution < -0.4 is 5.73 Å². The molecule has 3 N–H and O–H groups in total. The van der Waals surface area contributed by atoms with Crippen LogP contribution in [0.1, 0.15) is 18.4 Å². The lowest BCUT2D eigenvalue weighted by Crippen LogP contribution is -2.35. The molecule has 0 heterocycles. The van der Waals surface area contributed by atoms with Gasteiger partial charge in [-0.3, -0.25) is 4.79 Å². The van der Waals surface area contributed by atoms with Gasteiger partial charge in [0.2, 0.25) is 0 Å². The Bertz CT molecular complexity index is 323.